The van der Waals surface area contributed by atoms with E-state index in [1.807, 2.05) is 0 Å². The predicted octanol–water partition coefficient (Wildman–Crippen LogP) is -1.70. The molecule has 0 aliphatic carbocycles. The van der Waals surface area contributed by atoms with E-state index in [9.17, 15) is 13.2 Å². The molecule has 1 unspecified atom stereocenters. The molecule has 0 aromatic heterocycles. The highest BCUT2D eigenvalue weighted by Gasteiger charge is 2.08. The molecule has 0 saturated carbocycles. The standard InChI is InChI=1S/C5H11NO6S/c1-4(7)5(8)6-2-3-12-13(9,10)11/h4,7H,2-3H2,1H3,(H,6,8)(H,9,10,11). The van der Waals surface area contributed by atoms with Gasteiger partial charge in [0.15, 0.2) is 0 Å². The first-order valence-electron chi connectivity index (χ1n) is 3.40. The van der Waals surface area contributed by atoms with E-state index >= 15 is 0 Å². The zero-order valence-corrected chi connectivity index (χ0v) is 7.74. The summed E-state index contributed by atoms with van der Waals surface area (Å²) in [6, 6.07) is 0. The van der Waals surface area contributed by atoms with Gasteiger partial charge < -0.3 is 10.4 Å². The second-order valence-corrected chi connectivity index (χ2v) is 3.31. The van der Waals surface area contributed by atoms with E-state index in [2.05, 4.69) is 9.50 Å². The maximum Gasteiger partial charge on any atom is 0.397 e. The Bertz CT molecular complexity index is 258. The van der Waals surface area contributed by atoms with Crippen molar-refractivity contribution in [1.29, 1.82) is 0 Å². The molecule has 1 atom stereocenters. The maximum absolute atomic E-state index is 10.6. The lowest BCUT2D eigenvalue weighted by molar-refractivity contribution is -0.128. The van der Waals surface area contributed by atoms with Crippen LogP contribution in [-0.2, 0) is 19.4 Å². The van der Waals surface area contributed by atoms with Crippen LogP contribution in [0.5, 0.6) is 0 Å². The topological polar surface area (TPSA) is 113 Å². The van der Waals surface area contributed by atoms with Gasteiger partial charge in [-0.1, -0.05) is 0 Å². The molecule has 0 radical (unpaired) electrons. The molecule has 0 aliphatic heterocycles. The largest absolute Gasteiger partial charge is 0.397 e. The Morgan fingerprint density at radius 2 is 2.15 bits per heavy atom. The highest BCUT2D eigenvalue weighted by atomic mass is 32.3. The van der Waals surface area contributed by atoms with Crippen molar-refractivity contribution in [2.45, 2.75) is 13.0 Å². The first kappa shape index (κ1) is 12.3. The SMILES string of the molecule is CC(O)C(=O)NCCOS(=O)(=O)O. The number of aliphatic hydroxyl groups excluding tert-OH is 1. The average molecular weight is 213 g/mol. The normalized spacial score (nSPS) is 13.8. The number of hydrogen-bond acceptors (Lipinski definition) is 5. The Morgan fingerprint density at radius 3 is 2.54 bits per heavy atom. The number of carbonyl (C=O) groups excluding carboxylic acids is 1. The third-order valence-electron chi connectivity index (χ3n) is 1.01. The summed E-state index contributed by atoms with van der Waals surface area (Å²) >= 11 is 0. The lowest BCUT2D eigenvalue weighted by Crippen LogP contribution is -2.35. The predicted molar refractivity (Wildman–Crippen MR) is 42.2 cm³/mol. The molecule has 1 amide bonds. The molecule has 0 saturated heterocycles. The average Bonchev–Trinajstić information content (AvgIpc) is 1.95. The lowest BCUT2D eigenvalue weighted by Gasteiger charge is -2.05. The van der Waals surface area contributed by atoms with Crippen LogP contribution >= 0.6 is 0 Å². The number of carbonyl (C=O) groups is 1. The van der Waals surface area contributed by atoms with Gasteiger partial charge in [-0.25, -0.2) is 4.18 Å². The molecule has 8 heteroatoms. The molecule has 0 bridgehead atoms. The number of rotatable bonds is 5. The summed E-state index contributed by atoms with van der Waals surface area (Å²) in [7, 11) is -4.46. The van der Waals surface area contributed by atoms with Gasteiger partial charge >= 0.3 is 10.4 Å². The summed E-state index contributed by atoms with van der Waals surface area (Å²) in [5.74, 6) is -0.640. The smallest absolute Gasteiger partial charge is 0.384 e. The number of amides is 1. The third-order valence-corrected chi connectivity index (χ3v) is 1.48. The van der Waals surface area contributed by atoms with E-state index in [0.717, 1.165) is 0 Å². The molecule has 3 N–H and O–H groups in total. The Hall–Kier alpha value is -0.700. The molecule has 7 nitrogen and oxygen atoms in total. The maximum atomic E-state index is 10.6. The van der Waals surface area contributed by atoms with Gasteiger partial charge in [-0.15, -0.1) is 0 Å². The van der Waals surface area contributed by atoms with E-state index in [0.29, 0.717) is 0 Å². The minimum atomic E-state index is -4.46. The van der Waals surface area contributed by atoms with Crippen molar-refractivity contribution in [2.24, 2.45) is 0 Å². The van der Waals surface area contributed by atoms with Crippen LogP contribution in [0.4, 0.5) is 0 Å². The summed E-state index contributed by atoms with van der Waals surface area (Å²) < 4.78 is 31.9. The van der Waals surface area contributed by atoms with Crippen LogP contribution in [0.3, 0.4) is 0 Å². The Labute approximate surface area is 75.7 Å². The van der Waals surface area contributed by atoms with Gasteiger partial charge in [0.1, 0.15) is 6.10 Å². The molecule has 0 aromatic carbocycles. The van der Waals surface area contributed by atoms with Gasteiger partial charge in [-0.05, 0) is 6.92 Å². The van der Waals surface area contributed by atoms with Crippen molar-refractivity contribution in [1.82, 2.24) is 5.32 Å². The highest BCUT2D eigenvalue weighted by molar-refractivity contribution is 7.80. The first-order chi connectivity index (χ1) is 5.83. The number of nitrogens with one attached hydrogen (secondary N) is 1. The van der Waals surface area contributed by atoms with E-state index in [1.54, 1.807) is 0 Å². The highest BCUT2D eigenvalue weighted by Crippen LogP contribution is 1.84. The Kier molecular flexibility index (Phi) is 4.85. The van der Waals surface area contributed by atoms with Crippen molar-refractivity contribution in [3.63, 3.8) is 0 Å². The van der Waals surface area contributed by atoms with Crippen molar-refractivity contribution in [3.8, 4) is 0 Å². The molecule has 13 heavy (non-hydrogen) atoms. The quantitative estimate of drug-likeness (QED) is 0.370. The molecular weight excluding hydrogens is 202 g/mol. The fourth-order valence-corrected chi connectivity index (χ4v) is 0.763. The van der Waals surface area contributed by atoms with Crippen LogP contribution in [0.1, 0.15) is 6.92 Å². The van der Waals surface area contributed by atoms with E-state index in [4.69, 9.17) is 9.66 Å². The monoisotopic (exact) mass is 213 g/mol. The lowest BCUT2D eigenvalue weighted by atomic mass is 10.4. The molecule has 0 fully saturated rings. The molecule has 0 heterocycles. The second kappa shape index (κ2) is 5.12. The van der Waals surface area contributed by atoms with E-state index < -0.39 is 22.4 Å². The fraction of sp³-hybridized carbons (Fsp3) is 0.800. The van der Waals surface area contributed by atoms with Gasteiger partial charge in [-0.3, -0.25) is 9.35 Å². The van der Waals surface area contributed by atoms with E-state index in [1.165, 1.54) is 6.92 Å². The van der Waals surface area contributed by atoms with Crippen LogP contribution in [0, 0.1) is 0 Å². The third kappa shape index (κ3) is 7.65. The van der Waals surface area contributed by atoms with Crippen LogP contribution in [0.15, 0.2) is 0 Å². The molecule has 0 spiro atoms. The second-order valence-electron chi connectivity index (χ2n) is 2.22. The number of hydrogen-bond donors (Lipinski definition) is 3. The van der Waals surface area contributed by atoms with Gasteiger partial charge in [0.2, 0.25) is 5.91 Å². The Balaban J connectivity index is 3.53. The zero-order valence-electron chi connectivity index (χ0n) is 6.93. The summed E-state index contributed by atoms with van der Waals surface area (Å²) in [6.07, 6.45) is -1.16. The van der Waals surface area contributed by atoms with Gasteiger partial charge in [0.25, 0.3) is 0 Å². The minimum Gasteiger partial charge on any atom is -0.384 e. The van der Waals surface area contributed by atoms with E-state index in [-0.39, 0.29) is 13.2 Å². The van der Waals surface area contributed by atoms with Crippen molar-refractivity contribution >= 4 is 16.3 Å². The van der Waals surface area contributed by atoms with Gasteiger partial charge in [0.05, 0.1) is 6.61 Å². The minimum absolute atomic E-state index is 0.108. The summed E-state index contributed by atoms with van der Waals surface area (Å²) in [4.78, 5) is 10.6. The zero-order chi connectivity index (χ0) is 10.5. The van der Waals surface area contributed by atoms with Crippen LogP contribution in [0.2, 0.25) is 0 Å². The number of aliphatic hydroxyl groups is 1. The van der Waals surface area contributed by atoms with Crippen LogP contribution < -0.4 is 5.32 Å². The summed E-state index contributed by atoms with van der Waals surface area (Å²) in [5.41, 5.74) is 0. The fourth-order valence-electron chi connectivity index (χ4n) is 0.469. The first-order valence-corrected chi connectivity index (χ1v) is 4.77. The summed E-state index contributed by atoms with van der Waals surface area (Å²) in [5, 5.41) is 10.8. The molecule has 0 aliphatic rings. The van der Waals surface area contributed by atoms with Gasteiger partial charge in [0, 0.05) is 6.54 Å². The van der Waals surface area contributed by atoms with Crippen LogP contribution in [0.25, 0.3) is 0 Å². The van der Waals surface area contributed by atoms with Crippen molar-refractivity contribution < 1.29 is 27.1 Å². The molecule has 78 valence electrons. The van der Waals surface area contributed by atoms with Crippen molar-refractivity contribution in [3.05, 3.63) is 0 Å². The molecule has 0 rings (SSSR count). The van der Waals surface area contributed by atoms with Crippen molar-refractivity contribution in [2.75, 3.05) is 13.2 Å². The Morgan fingerprint density at radius 1 is 1.62 bits per heavy atom. The van der Waals surface area contributed by atoms with Crippen LogP contribution in [-0.4, -0.2) is 43.2 Å². The molecule has 0 aromatic rings. The summed E-state index contributed by atoms with van der Waals surface area (Å²) in [6.45, 7) is 0.778. The molecular formula is C5H11NO6S. The van der Waals surface area contributed by atoms with Gasteiger partial charge in [-0.2, -0.15) is 8.42 Å².